The van der Waals surface area contributed by atoms with Gasteiger partial charge in [0.2, 0.25) is 0 Å². The number of rotatable bonds is 5. The van der Waals surface area contributed by atoms with E-state index in [0.29, 0.717) is 12.1 Å². The van der Waals surface area contributed by atoms with Crippen molar-refractivity contribution in [2.24, 2.45) is 0 Å². The largest absolute Gasteiger partial charge is 0.320 e. The van der Waals surface area contributed by atoms with Crippen LogP contribution in [0.5, 0.6) is 0 Å². The minimum Gasteiger partial charge on any atom is -0.320 e. The highest BCUT2D eigenvalue weighted by atomic mass is 16.2. The summed E-state index contributed by atoms with van der Waals surface area (Å²) in [5.41, 5.74) is 5.05. The van der Waals surface area contributed by atoms with Crippen LogP contribution in [0.2, 0.25) is 0 Å². The third kappa shape index (κ3) is 3.80. The summed E-state index contributed by atoms with van der Waals surface area (Å²) in [6, 6.07) is 12.2. The van der Waals surface area contributed by atoms with Crippen molar-refractivity contribution in [3.63, 3.8) is 0 Å². The molecule has 7 nitrogen and oxygen atoms in total. The predicted octanol–water partition coefficient (Wildman–Crippen LogP) is 2.67. The smallest absolute Gasteiger partial charge is 0.278 e. The Labute approximate surface area is 164 Å². The second kappa shape index (κ2) is 7.90. The van der Waals surface area contributed by atoms with Gasteiger partial charge < -0.3 is 10.6 Å². The minimum atomic E-state index is -0.229. The van der Waals surface area contributed by atoms with Gasteiger partial charge in [0.15, 0.2) is 5.69 Å². The van der Waals surface area contributed by atoms with Crippen molar-refractivity contribution in [2.45, 2.75) is 32.7 Å². The fraction of sp³-hybridized carbons (Fsp3) is 0.333. The SMILES string of the molecule is Cc1ccc(Cc2ccccn2)cc1NC(=O)c1nnn(C2CCNC2)c1C. The van der Waals surface area contributed by atoms with E-state index in [1.165, 1.54) is 0 Å². The quantitative estimate of drug-likeness (QED) is 0.715. The molecule has 1 fully saturated rings. The summed E-state index contributed by atoms with van der Waals surface area (Å²) in [7, 11) is 0. The van der Waals surface area contributed by atoms with Gasteiger partial charge in [-0.3, -0.25) is 9.78 Å². The Morgan fingerprint density at radius 3 is 2.93 bits per heavy atom. The minimum absolute atomic E-state index is 0.229. The lowest BCUT2D eigenvalue weighted by Crippen LogP contribution is -2.18. The summed E-state index contributed by atoms with van der Waals surface area (Å²) in [5.74, 6) is -0.229. The Morgan fingerprint density at radius 2 is 2.18 bits per heavy atom. The summed E-state index contributed by atoms with van der Waals surface area (Å²) in [4.78, 5) is 17.2. The molecule has 0 bridgehead atoms. The Hall–Kier alpha value is -3.06. The van der Waals surface area contributed by atoms with E-state index in [9.17, 15) is 4.79 Å². The van der Waals surface area contributed by atoms with Gasteiger partial charge in [0, 0.05) is 30.5 Å². The van der Waals surface area contributed by atoms with E-state index in [2.05, 4.69) is 32.0 Å². The van der Waals surface area contributed by atoms with Crippen LogP contribution in [0.15, 0.2) is 42.6 Å². The van der Waals surface area contributed by atoms with E-state index in [0.717, 1.165) is 47.7 Å². The number of nitrogens with zero attached hydrogens (tertiary/aromatic N) is 4. The van der Waals surface area contributed by atoms with Crippen LogP contribution < -0.4 is 10.6 Å². The van der Waals surface area contributed by atoms with Gasteiger partial charge >= 0.3 is 0 Å². The molecule has 144 valence electrons. The second-order valence-electron chi connectivity index (χ2n) is 7.22. The van der Waals surface area contributed by atoms with Gasteiger partial charge in [0.05, 0.1) is 11.7 Å². The van der Waals surface area contributed by atoms with Crippen molar-refractivity contribution in [1.29, 1.82) is 0 Å². The van der Waals surface area contributed by atoms with Crippen LogP contribution in [-0.2, 0) is 6.42 Å². The molecule has 4 rings (SSSR count). The van der Waals surface area contributed by atoms with Crippen LogP contribution in [0.4, 0.5) is 5.69 Å². The maximum atomic E-state index is 12.8. The van der Waals surface area contributed by atoms with Gasteiger partial charge in [-0.2, -0.15) is 0 Å². The Balaban J connectivity index is 1.52. The molecule has 2 N–H and O–H groups in total. The van der Waals surface area contributed by atoms with E-state index in [1.54, 1.807) is 6.20 Å². The van der Waals surface area contributed by atoms with E-state index in [-0.39, 0.29) is 11.9 Å². The molecule has 7 heteroatoms. The lowest BCUT2D eigenvalue weighted by molar-refractivity contribution is 0.102. The fourth-order valence-electron chi connectivity index (χ4n) is 3.55. The normalized spacial score (nSPS) is 16.3. The molecule has 1 unspecified atom stereocenters. The lowest BCUT2D eigenvalue weighted by atomic mass is 10.1. The van der Waals surface area contributed by atoms with Gasteiger partial charge in [-0.15, -0.1) is 5.10 Å². The van der Waals surface area contributed by atoms with Gasteiger partial charge in [0.25, 0.3) is 5.91 Å². The lowest BCUT2D eigenvalue weighted by Gasteiger charge is -2.12. The van der Waals surface area contributed by atoms with Crippen LogP contribution in [0.25, 0.3) is 0 Å². The molecule has 0 radical (unpaired) electrons. The van der Waals surface area contributed by atoms with E-state index < -0.39 is 0 Å². The molecule has 1 amide bonds. The van der Waals surface area contributed by atoms with Gasteiger partial charge in [0.1, 0.15) is 0 Å². The standard InChI is InChI=1S/C21H24N6O/c1-14-6-7-16(11-17-5-3-4-9-23-17)12-19(14)24-21(28)20-15(2)27(26-25-20)18-8-10-22-13-18/h3-7,9,12,18,22H,8,10-11,13H2,1-2H3,(H,24,28). The monoisotopic (exact) mass is 376 g/mol. The molecule has 1 aliphatic heterocycles. The van der Waals surface area contributed by atoms with Crippen molar-refractivity contribution < 1.29 is 4.79 Å². The number of nitrogens with one attached hydrogen (secondary N) is 2. The number of carbonyl (C=O) groups is 1. The summed E-state index contributed by atoms with van der Waals surface area (Å²) in [5, 5.41) is 14.7. The zero-order valence-electron chi connectivity index (χ0n) is 16.1. The topological polar surface area (TPSA) is 84.7 Å². The number of aromatic nitrogens is 4. The first-order chi connectivity index (χ1) is 13.6. The number of carbonyl (C=O) groups excluding carboxylic acids is 1. The fourth-order valence-corrected chi connectivity index (χ4v) is 3.55. The number of hydrogen-bond donors (Lipinski definition) is 2. The van der Waals surface area contributed by atoms with Crippen molar-refractivity contribution in [3.8, 4) is 0 Å². The van der Waals surface area contributed by atoms with Crippen LogP contribution >= 0.6 is 0 Å². The van der Waals surface area contributed by atoms with E-state index in [1.807, 2.05) is 48.9 Å². The van der Waals surface area contributed by atoms with Gasteiger partial charge in [-0.25, -0.2) is 4.68 Å². The number of anilines is 1. The highest BCUT2D eigenvalue weighted by Gasteiger charge is 2.24. The number of pyridine rings is 1. The van der Waals surface area contributed by atoms with Crippen LogP contribution in [-0.4, -0.2) is 39.0 Å². The molecule has 3 heterocycles. The Bertz CT molecular complexity index is 976. The average molecular weight is 376 g/mol. The van der Waals surface area contributed by atoms with Gasteiger partial charge in [-0.1, -0.05) is 23.4 Å². The van der Waals surface area contributed by atoms with Gasteiger partial charge in [-0.05, 0) is 56.1 Å². The molecule has 3 aromatic rings. The van der Waals surface area contributed by atoms with Crippen molar-refractivity contribution >= 4 is 11.6 Å². The highest BCUT2D eigenvalue weighted by molar-refractivity contribution is 6.04. The number of benzene rings is 1. The second-order valence-corrected chi connectivity index (χ2v) is 7.22. The summed E-state index contributed by atoms with van der Waals surface area (Å²) >= 11 is 0. The molecule has 1 atom stereocenters. The third-order valence-electron chi connectivity index (χ3n) is 5.18. The summed E-state index contributed by atoms with van der Waals surface area (Å²) in [6.07, 6.45) is 3.51. The maximum absolute atomic E-state index is 12.8. The maximum Gasteiger partial charge on any atom is 0.278 e. The average Bonchev–Trinajstić information content (AvgIpc) is 3.35. The third-order valence-corrected chi connectivity index (χ3v) is 5.18. The molecule has 2 aromatic heterocycles. The number of aryl methyl sites for hydroxylation is 1. The van der Waals surface area contributed by atoms with E-state index in [4.69, 9.17) is 0 Å². The molecule has 1 aliphatic rings. The number of hydrogen-bond acceptors (Lipinski definition) is 5. The predicted molar refractivity (Wildman–Crippen MR) is 107 cm³/mol. The van der Waals surface area contributed by atoms with Crippen LogP contribution in [0, 0.1) is 13.8 Å². The van der Waals surface area contributed by atoms with Crippen LogP contribution in [0.3, 0.4) is 0 Å². The number of amides is 1. The van der Waals surface area contributed by atoms with Crippen molar-refractivity contribution in [2.75, 3.05) is 18.4 Å². The molecule has 28 heavy (non-hydrogen) atoms. The molecular formula is C21H24N6O. The summed E-state index contributed by atoms with van der Waals surface area (Å²) in [6.45, 7) is 5.71. The van der Waals surface area contributed by atoms with Crippen molar-refractivity contribution in [1.82, 2.24) is 25.3 Å². The Morgan fingerprint density at radius 1 is 1.29 bits per heavy atom. The summed E-state index contributed by atoms with van der Waals surface area (Å²) < 4.78 is 1.86. The van der Waals surface area contributed by atoms with Crippen LogP contribution in [0.1, 0.15) is 45.5 Å². The molecule has 1 aromatic carbocycles. The highest BCUT2D eigenvalue weighted by Crippen LogP contribution is 2.21. The zero-order chi connectivity index (χ0) is 19.5. The molecule has 1 saturated heterocycles. The molecular weight excluding hydrogens is 352 g/mol. The first-order valence-electron chi connectivity index (χ1n) is 9.55. The first-order valence-corrected chi connectivity index (χ1v) is 9.55. The van der Waals surface area contributed by atoms with E-state index >= 15 is 0 Å². The zero-order valence-corrected chi connectivity index (χ0v) is 16.1. The molecule has 0 spiro atoms. The Kier molecular flexibility index (Phi) is 5.16. The molecule has 0 aliphatic carbocycles. The van der Waals surface area contributed by atoms with Crippen molar-refractivity contribution in [3.05, 3.63) is 70.8 Å². The first kappa shape index (κ1) is 18.3. The molecule has 0 saturated carbocycles.